The molecule has 0 spiro atoms. The van der Waals surface area contributed by atoms with Crippen molar-refractivity contribution < 1.29 is 9.47 Å². The second-order valence-electron chi connectivity index (χ2n) is 5.31. The molecule has 0 bridgehead atoms. The number of nitrogens with zero attached hydrogens (tertiary/aromatic N) is 4. The van der Waals surface area contributed by atoms with E-state index >= 15 is 0 Å². The van der Waals surface area contributed by atoms with Gasteiger partial charge in [-0.1, -0.05) is 23.2 Å². The van der Waals surface area contributed by atoms with Crippen molar-refractivity contribution in [2.45, 2.75) is 13.2 Å². The summed E-state index contributed by atoms with van der Waals surface area (Å²) in [6, 6.07) is 11.0. The van der Waals surface area contributed by atoms with Crippen LogP contribution in [0.3, 0.4) is 0 Å². The predicted octanol–water partition coefficient (Wildman–Crippen LogP) is 3.56. The minimum atomic E-state index is 0.225. The van der Waals surface area contributed by atoms with Crippen LogP contribution in [-0.2, 0) is 17.9 Å². The van der Waals surface area contributed by atoms with Gasteiger partial charge in [-0.2, -0.15) is 4.80 Å². The van der Waals surface area contributed by atoms with Crippen LogP contribution in [0.15, 0.2) is 36.4 Å². The van der Waals surface area contributed by atoms with Crippen molar-refractivity contribution in [3.05, 3.63) is 57.6 Å². The van der Waals surface area contributed by atoms with Crippen LogP contribution in [-0.4, -0.2) is 27.0 Å². The number of aromatic nitrogens is 4. The maximum atomic E-state index is 6.17. The summed E-state index contributed by atoms with van der Waals surface area (Å²) in [5.74, 6) is 1.31. The zero-order chi connectivity index (χ0) is 16.5. The molecule has 1 aliphatic rings. The molecular weight excluding hydrogens is 351 g/mol. The molecule has 2 heterocycles. The molecule has 4 rings (SSSR count). The molecule has 24 heavy (non-hydrogen) atoms. The molecule has 0 fully saturated rings. The second kappa shape index (κ2) is 6.39. The number of rotatable bonds is 3. The summed E-state index contributed by atoms with van der Waals surface area (Å²) in [6.07, 6.45) is 0. The first-order valence-corrected chi connectivity index (χ1v) is 8.00. The Bertz CT molecular complexity index is 880. The fourth-order valence-corrected chi connectivity index (χ4v) is 2.94. The average molecular weight is 363 g/mol. The quantitative estimate of drug-likeness (QED) is 0.712. The van der Waals surface area contributed by atoms with Gasteiger partial charge < -0.3 is 9.47 Å². The highest BCUT2D eigenvalue weighted by Gasteiger charge is 2.17. The van der Waals surface area contributed by atoms with Gasteiger partial charge in [-0.3, -0.25) is 0 Å². The lowest BCUT2D eigenvalue weighted by atomic mass is 10.1. The van der Waals surface area contributed by atoms with Gasteiger partial charge in [-0.25, -0.2) is 0 Å². The van der Waals surface area contributed by atoms with E-state index in [1.165, 1.54) is 4.80 Å². The summed E-state index contributed by atoms with van der Waals surface area (Å²) in [6.45, 7) is 1.11. The summed E-state index contributed by atoms with van der Waals surface area (Å²) in [4.78, 5) is 1.51. The Labute approximate surface area is 147 Å². The van der Waals surface area contributed by atoms with Crippen LogP contribution in [0.4, 0.5) is 0 Å². The van der Waals surface area contributed by atoms with Crippen molar-refractivity contribution in [1.29, 1.82) is 0 Å². The fraction of sp³-hybridized carbons (Fsp3) is 0.188. The van der Waals surface area contributed by atoms with Crippen molar-refractivity contribution in [3.8, 4) is 17.1 Å². The molecule has 0 radical (unpaired) electrons. The molecule has 122 valence electrons. The first-order chi connectivity index (χ1) is 11.7. The molecule has 0 N–H and O–H groups in total. The Morgan fingerprint density at radius 1 is 1.08 bits per heavy atom. The van der Waals surface area contributed by atoms with Gasteiger partial charge in [0, 0.05) is 26.7 Å². The molecule has 0 amide bonds. The molecular formula is C16H12Cl2N4O2. The SMILES string of the molecule is Clc1ccc(-c2nnn(Cc3cc(Cl)cc4c3OCOC4)n2)cc1. The highest BCUT2D eigenvalue weighted by Crippen LogP contribution is 2.32. The van der Waals surface area contributed by atoms with Gasteiger partial charge in [0.15, 0.2) is 6.79 Å². The Morgan fingerprint density at radius 2 is 1.92 bits per heavy atom. The fourth-order valence-electron chi connectivity index (χ4n) is 2.55. The number of ether oxygens (including phenoxy) is 2. The maximum absolute atomic E-state index is 6.17. The number of hydrogen-bond acceptors (Lipinski definition) is 5. The van der Waals surface area contributed by atoms with Crippen molar-refractivity contribution in [1.82, 2.24) is 20.2 Å². The van der Waals surface area contributed by atoms with Crippen molar-refractivity contribution in [2.24, 2.45) is 0 Å². The lowest BCUT2D eigenvalue weighted by Gasteiger charge is -2.20. The molecule has 0 aliphatic carbocycles. The highest BCUT2D eigenvalue weighted by molar-refractivity contribution is 6.31. The van der Waals surface area contributed by atoms with Gasteiger partial charge in [0.1, 0.15) is 5.75 Å². The largest absolute Gasteiger partial charge is 0.467 e. The zero-order valence-corrected chi connectivity index (χ0v) is 14.0. The van der Waals surface area contributed by atoms with E-state index in [1.54, 1.807) is 12.1 Å². The van der Waals surface area contributed by atoms with Gasteiger partial charge in [0.05, 0.1) is 13.2 Å². The third-order valence-electron chi connectivity index (χ3n) is 3.62. The van der Waals surface area contributed by atoms with Crippen LogP contribution in [0.2, 0.25) is 10.0 Å². The van der Waals surface area contributed by atoms with E-state index in [0.29, 0.717) is 29.0 Å². The van der Waals surface area contributed by atoms with E-state index in [-0.39, 0.29) is 6.79 Å². The molecule has 0 saturated heterocycles. The van der Waals surface area contributed by atoms with E-state index in [1.807, 2.05) is 24.3 Å². The first-order valence-electron chi connectivity index (χ1n) is 7.24. The monoisotopic (exact) mass is 362 g/mol. The standard InChI is InChI=1S/C16H12Cl2N4O2/c17-13-3-1-10(2-4-13)16-19-21-22(20-16)7-11-5-14(18)6-12-8-23-9-24-15(11)12/h1-6H,7-9H2. The topological polar surface area (TPSA) is 62.1 Å². The van der Waals surface area contributed by atoms with Gasteiger partial charge in [0.2, 0.25) is 5.82 Å². The van der Waals surface area contributed by atoms with Crippen molar-refractivity contribution in [2.75, 3.05) is 6.79 Å². The summed E-state index contributed by atoms with van der Waals surface area (Å²) in [7, 11) is 0. The number of halogens is 2. The van der Waals surface area contributed by atoms with Crippen LogP contribution in [0.25, 0.3) is 11.4 Å². The third-order valence-corrected chi connectivity index (χ3v) is 4.09. The predicted molar refractivity (Wildman–Crippen MR) is 89.1 cm³/mol. The van der Waals surface area contributed by atoms with Crippen LogP contribution in [0.1, 0.15) is 11.1 Å². The van der Waals surface area contributed by atoms with E-state index in [4.69, 9.17) is 32.7 Å². The first kappa shape index (κ1) is 15.4. The second-order valence-corrected chi connectivity index (χ2v) is 6.19. The summed E-state index contributed by atoms with van der Waals surface area (Å²) < 4.78 is 10.9. The van der Waals surface area contributed by atoms with Crippen molar-refractivity contribution >= 4 is 23.2 Å². The molecule has 1 aliphatic heterocycles. The normalized spacial score (nSPS) is 13.4. The van der Waals surface area contributed by atoms with Crippen LogP contribution >= 0.6 is 23.2 Å². The summed E-state index contributed by atoms with van der Waals surface area (Å²) in [5, 5.41) is 13.9. The van der Waals surface area contributed by atoms with Gasteiger partial charge in [-0.05, 0) is 41.6 Å². The minimum Gasteiger partial charge on any atom is -0.467 e. The van der Waals surface area contributed by atoms with E-state index in [2.05, 4.69) is 15.4 Å². The van der Waals surface area contributed by atoms with E-state index in [9.17, 15) is 0 Å². The molecule has 1 aromatic heterocycles. The van der Waals surface area contributed by atoms with Crippen LogP contribution in [0, 0.1) is 0 Å². The Kier molecular flexibility index (Phi) is 4.10. The molecule has 0 unspecified atom stereocenters. The smallest absolute Gasteiger partial charge is 0.204 e. The average Bonchev–Trinajstić information content (AvgIpc) is 3.04. The number of hydrogen-bond donors (Lipinski definition) is 0. The molecule has 0 atom stereocenters. The molecule has 8 heteroatoms. The summed E-state index contributed by atoms with van der Waals surface area (Å²) in [5.41, 5.74) is 2.66. The Morgan fingerprint density at radius 3 is 2.75 bits per heavy atom. The number of tetrazole rings is 1. The Balaban J connectivity index is 1.63. The van der Waals surface area contributed by atoms with Crippen LogP contribution in [0.5, 0.6) is 5.75 Å². The highest BCUT2D eigenvalue weighted by atomic mass is 35.5. The van der Waals surface area contributed by atoms with Gasteiger partial charge >= 0.3 is 0 Å². The maximum Gasteiger partial charge on any atom is 0.204 e. The zero-order valence-electron chi connectivity index (χ0n) is 12.4. The van der Waals surface area contributed by atoms with E-state index in [0.717, 1.165) is 22.4 Å². The molecule has 2 aromatic carbocycles. The summed E-state index contributed by atoms with van der Waals surface area (Å²) >= 11 is 12.1. The van der Waals surface area contributed by atoms with Gasteiger partial charge in [0.25, 0.3) is 0 Å². The molecule has 3 aromatic rings. The lowest BCUT2D eigenvalue weighted by molar-refractivity contribution is -0.0171. The van der Waals surface area contributed by atoms with E-state index < -0.39 is 0 Å². The molecule has 0 saturated carbocycles. The number of fused-ring (bicyclic) bond motifs is 1. The number of benzene rings is 2. The van der Waals surface area contributed by atoms with Crippen molar-refractivity contribution in [3.63, 3.8) is 0 Å². The van der Waals surface area contributed by atoms with Gasteiger partial charge in [-0.15, -0.1) is 10.2 Å². The minimum absolute atomic E-state index is 0.225. The van der Waals surface area contributed by atoms with Crippen LogP contribution < -0.4 is 4.74 Å². The third kappa shape index (κ3) is 3.08. The molecule has 6 nitrogen and oxygen atoms in total. The Hall–Kier alpha value is -2.15. The lowest BCUT2D eigenvalue weighted by Crippen LogP contribution is -2.15.